The van der Waals surface area contributed by atoms with Crippen LogP contribution in [0.2, 0.25) is 10.2 Å². The number of aromatic carboxylic acids is 1. The zero-order valence-electron chi connectivity index (χ0n) is 10.0. The summed E-state index contributed by atoms with van der Waals surface area (Å²) in [5.74, 6) is -1.73. The summed E-state index contributed by atoms with van der Waals surface area (Å²) in [4.78, 5) is 26.0. The number of carboxylic acids is 1. The summed E-state index contributed by atoms with van der Waals surface area (Å²) >= 11 is 17.9. The number of hydrogen-bond donors (Lipinski definition) is 3. The maximum atomic E-state index is 12.1. The van der Waals surface area contributed by atoms with Gasteiger partial charge in [-0.2, -0.15) is 0 Å². The average molecular weight is 457 g/mol. The number of anilines is 1. The molecule has 5 nitrogen and oxygen atoms in total. The number of benzene rings is 1. The molecular formula is C12H6Br2Cl2N2O3. The molecule has 0 spiro atoms. The zero-order valence-corrected chi connectivity index (χ0v) is 14.7. The Morgan fingerprint density at radius 3 is 2.38 bits per heavy atom. The van der Waals surface area contributed by atoms with Gasteiger partial charge in [0, 0.05) is 8.95 Å². The van der Waals surface area contributed by atoms with Gasteiger partial charge in [0.05, 0.1) is 16.3 Å². The lowest BCUT2D eigenvalue weighted by molar-refractivity contribution is 0.0698. The van der Waals surface area contributed by atoms with E-state index in [2.05, 4.69) is 42.2 Å². The molecule has 1 aromatic heterocycles. The zero-order chi connectivity index (χ0) is 15.7. The minimum atomic E-state index is -1.17. The topological polar surface area (TPSA) is 82.2 Å². The second kappa shape index (κ2) is 6.39. The van der Waals surface area contributed by atoms with Gasteiger partial charge in [-0.25, -0.2) is 4.79 Å². The van der Waals surface area contributed by atoms with E-state index in [0.717, 1.165) is 0 Å². The van der Waals surface area contributed by atoms with Crippen molar-refractivity contribution in [2.45, 2.75) is 0 Å². The Bertz CT molecular complexity index is 727. The molecule has 21 heavy (non-hydrogen) atoms. The maximum Gasteiger partial charge on any atom is 0.337 e. The van der Waals surface area contributed by atoms with Crippen LogP contribution in [0, 0.1) is 0 Å². The van der Waals surface area contributed by atoms with Crippen molar-refractivity contribution in [3.05, 3.63) is 48.6 Å². The summed E-state index contributed by atoms with van der Waals surface area (Å²) in [5.41, 5.74) is 0.196. The van der Waals surface area contributed by atoms with Crippen LogP contribution >= 0.6 is 55.1 Å². The number of rotatable bonds is 3. The Kier molecular flexibility index (Phi) is 4.98. The van der Waals surface area contributed by atoms with Gasteiger partial charge >= 0.3 is 5.97 Å². The molecule has 0 fully saturated rings. The summed E-state index contributed by atoms with van der Waals surface area (Å²) in [7, 11) is 0. The molecule has 9 heteroatoms. The molecule has 0 bridgehead atoms. The van der Waals surface area contributed by atoms with E-state index in [0.29, 0.717) is 8.95 Å². The third kappa shape index (κ3) is 3.60. The summed E-state index contributed by atoms with van der Waals surface area (Å²) in [6.45, 7) is 0. The molecule has 2 rings (SSSR count). The van der Waals surface area contributed by atoms with Crippen LogP contribution in [0.5, 0.6) is 0 Å². The molecule has 0 aliphatic rings. The Balaban J connectivity index is 2.39. The van der Waals surface area contributed by atoms with Crippen molar-refractivity contribution in [2.75, 3.05) is 5.32 Å². The first-order chi connectivity index (χ1) is 9.79. The fourth-order valence-corrected chi connectivity index (χ4v) is 3.21. The maximum absolute atomic E-state index is 12.1. The van der Waals surface area contributed by atoms with Gasteiger partial charge in [-0.1, -0.05) is 39.1 Å². The van der Waals surface area contributed by atoms with Crippen molar-refractivity contribution < 1.29 is 14.7 Å². The van der Waals surface area contributed by atoms with Gasteiger partial charge in [0.25, 0.3) is 5.91 Å². The van der Waals surface area contributed by atoms with Crippen LogP contribution in [0.15, 0.2) is 27.1 Å². The molecule has 1 amide bonds. The van der Waals surface area contributed by atoms with Crippen LogP contribution in [-0.2, 0) is 0 Å². The van der Waals surface area contributed by atoms with E-state index in [1.54, 1.807) is 6.07 Å². The Hall–Kier alpha value is -1.02. The fourth-order valence-electron chi connectivity index (χ4n) is 1.58. The highest BCUT2D eigenvalue weighted by atomic mass is 79.9. The van der Waals surface area contributed by atoms with Crippen LogP contribution in [-0.4, -0.2) is 22.0 Å². The van der Waals surface area contributed by atoms with Crippen molar-refractivity contribution >= 4 is 72.6 Å². The van der Waals surface area contributed by atoms with E-state index < -0.39 is 11.9 Å². The van der Waals surface area contributed by atoms with Gasteiger partial charge < -0.3 is 15.4 Å². The number of carbonyl (C=O) groups excluding carboxylic acids is 1. The number of carbonyl (C=O) groups is 2. The van der Waals surface area contributed by atoms with Gasteiger partial charge in [0.2, 0.25) is 0 Å². The first kappa shape index (κ1) is 16.4. The lowest BCUT2D eigenvalue weighted by Crippen LogP contribution is -2.15. The van der Waals surface area contributed by atoms with Crippen LogP contribution in [0.25, 0.3) is 0 Å². The second-order valence-electron chi connectivity index (χ2n) is 3.91. The van der Waals surface area contributed by atoms with Crippen molar-refractivity contribution in [2.24, 2.45) is 0 Å². The lowest BCUT2D eigenvalue weighted by atomic mass is 10.1. The van der Waals surface area contributed by atoms with Gasteiger partial charge in [-0.05, 0) is 34.1 Å². The Labute approximate surface area is 145 Å². The average Bonchev–Trinajstić information content (AvgIpc) is 2.72. The molecule has 0 aliphatic heterocycles. The number of carboxylic acid groups (broad SMARTS) is 1. The second-order valence-corrected chi connectivity index (χ2v) is 6.47. The summed E-state index contributed by atoms with van der Waals surface area (Å²) in [6, 6.07) is 4.36. The minimum absolute atomic E-state index is 0.0617. The number of halogens is 4. The predicted molar refractivity (Wildman–Crippen MR) is 87.6 cm³/mol. The van der Waals surface area contributed by atoms with E-state index in [9.17, 15) is 14.7 Å². The van der Waals surface area contributed by atoms with Crippen molar-refractivity contribution in [1.29, 1.82) is 0 Å². The smallest absolute Gasteiger partial charge is 0.337 e. The van der Waals surface area contributed by atoms with Crippen molar-refractivity contribution in [3.8, 4) is 0 Å². The monoisotopic (exact) mass is 454 g/mol. The first-order valence-electron chi connectivity index (χ1n) is 5.37. The van der Waals surface area contributed by atoms with E-state index >= 15 is 0 Å². The van der Waals surface area contributed by atoms with Gasteiger partial charge in [0.1, 0.15) is 10.8 Å². The van der Waals surface area contributed by atoms with Gasteiger partial charge in [0.15, 0.2) is 0 Å². The molecule has 110 valence electrons. The molecule has 0 radical (unpaired) electrons. The SMILES string of the molecule is O=C(Nc1c(Br)cc(Br)cc1C(=O)O)c1cc(Cl)c(Cl)[nH]1. The van der Waals surface area contributed by atoms with E-state index in [4.69, 9.17) is 23.2 Å². The van der Waals surface area contributed by atoms with Crippen molar-refractivity contribution in [1.82, 2.24) is 4.98 Å². The van der Waals surface area contributed by atoms with E-state index in [1.807, 2.05) is 0 Å². The molecule has 0 atom stereocenters. The molecule has 3 N–H and O–H groups in total. The molecule has 0 saturated carbocycles. The highest BCUT2D eigenvalue weighted by molar-refractivity contribution is 9.11. The number of H-pyrrole nitrogens is 1. The lowest BCUT2D eigenvalue weighted by Gasteiger charge is -2.10. The molecule has 0 unspecified atom stereocenters. The first-order valence-corrected chi connectivity index (χ1v) is 7.71. The number of aromatic nitrogens is 1. The van der Waals surface area contributed by atoms with E-state index in [1.165, 1.54) is 12.1 Å². The number of nitrogens with one attached hydrogen (secondary N) is 2. The standard InChI is InChI=1S/C12H6Br2Cl2N2O3/c13-4-1-5(12(20)21)9(6(14)2-4)18-11(19)8-3-7(15)10(16)17-8/h1-3,17H,(H,18,19)(H,20,21). The largest absolute Gasteiger partial charge is 0.478 e. The van der Waals surface area contributed by atoms with Crippen LogP contribution in [0.4, 0.5) is 5.69 Å². The molecule has 1 heterocycles. The van der Waals surface area contributed by atoms with Crippen molar-refractivity contribution in [3.63, 3.8) is 0 Å². The van der Waals surface area contributed by atoms with Crippen LogP contribution < -0.4 is 5.32 Å². The summed E-state index contributed by atoms with van der Waals surface area (Å²) in [6.07, 6.45) is 0. The minimum Gasteiger partial charge on any atom is -0.478 e. The number of aromatic amines is 1. The Morgan fingerprint density at radius 1 is 1.19 bits per heavy atom. The predicted octanol–water partition coefficient (Wildman–Crippen LogP) is 4.80. The number of amides is 1. The number of hydrogen-bond acceptors (Lipinski definition) is 2. The molecule has 2 aromatic rings. The van der Waals surface area contributed by atoms with Gasteiger partial charge in [-0.15, -0.1) is 0 Å². The normalized spacial score (nSPS) is 10.5. The molecule has 1 aromatic carbocycles. The third-order valence-corrected chi connectivity index (χ3v) is 4.27. The highest BCUT2D eigenvalue weighted by Gasteiger charge is 2.19. The molecular weight excluding hydrogens is 451 g/mol. The molecule has 0 aliphatic carbocycles. The van der Waals surface area contributed by atoms with E-state index in [-0.39, 0.29) is 27.1 Å². The fraction of sp³-hybridized carbons (Fsp3) is 0. The van der Waals surface area contributed by atoms with Gasteiger partial charge in [-0.3, -0.25) is 4.79 Å². The molecule has 0 saturated heterocycles. The quantitative estimate of drug-likeness (QED) is 0.620. The van der Waals surface area contributed by atoms with Crippen LogP contribution in [0.3, 0.4) is 0 Å². The third-order valence-electron chi connectivity index (χ3n) is 2.49. The summed E-state index contributed by atoms with van der Waals surface area (Å²) in [5, 5.41) is 12.0. The highest BCUT2D eigenvalue weighted by Crippen LogP contribution is 2.31. The summed E-state index contributed by atoms with van der Waals surface area (Å²) < 4.78 is 0.988. The van der Waals surface area contributed by atoms with Crippen LogP contribution in [0.1, 0.15) is 20.8 Å². The Morgan fingerprint density at radius 2 is 1.86 bits per heavy atom.